The molecule has 0 spiro atoms. The van der Waals surface area contributed by atoms with Crippen LogP contribution in [-0.4, -0.2) is 96.7 Å². The maximum Gasteiger partial charge on any atom is 0.472 e. The number of rotatable bonds is 80. The lowest BCUT2D eigenvalue weighted by Gasteiger charge is -2.21. The number of hydrogen-bond acceptors (Lipinski definition) is 15. The zero-order valence-electron chi connectivity index (χ0n) is 65.5. The summed E-state index contributed by atoms with van der Waals surface area (Å²) in [6.45, 7) is 9.60. The van der Waals surface area contributed by atoms with Crippen LogP contribution in [0.1, 0.15) is 427 Å². The van der Waals surface area contributed by atoms with Gasteiger partial charge in [-0.15, -0.1) is 0 Å². The average Bonchev–Trinajstić information content (AvgIpc) is 0.924. The van der Waals surface area contributed by atoms with Crippen molar-refractivity contribution in [2.75, 3.05) is 39.6 Å². The third kappa shape index (κ3) is 74.3. The van der Waals surface area contributed by atoms with E-state index in [9.17, 15) is 43.2 Å². The molecule has 19 heteroatoms. The second-order valence-electron chi connectivity index (χ2n) is 30.1. The molecule has 0 heterocycles. The predicted octanol–water partition coefficient (Wildman–Crippen LogP) is 24.3. The smallest absolute Gasteiger partial charge is 0.462 e. The van der Waals surface area contributed by atoms with Gasteiger partial charge in [0.1, 0.15) is 19.3 Å². The van der Waals surface area contributed by atoms with Crippen molar-refractivity contribution in [3.8, 4) is 0 Å². The Bertz CT molecular complexity index is 1920. The number of hydrogen-bond donors (Lipinski definition) is 3. The van der Waals surface area contributed by atoms with E-state index >= 15 is 0 Å². The lowest BCUT2D eigenvalue weighted by molar-refractivity contribution is -0.161. The summed E-state index contributed by atoms with van der Waals surface area (Å²) in [7, 11) is -9.91. The van der Waals surface area contributed by atoms with Crippen LogP contribution in [0.3, 0.4) is 0 Å². The topological polar surface area (TPSA) is 237 Å². The van der Waals surface area contributed by atoms with E-state index in [1.165, 1.54) is 244 Å². The van der Waals surface area contributed by atoms with Gasteiger partial charge in [-0.25, -0.2) is 9.13 Å². The molecule has 0 saturated carbocycles. The normalized spacial score (nSPS) is 13.9. The maximum absolute atomic E-state index is 13.1. The first kappa shape index (κ1) is 98.1. The molecule has 0 aromatic rings. The van der Waals surface area contributed by atoms with E-state index in [0.29, 0.717) is 25.7 Å². The van der Waals surface area contributed by atoms with Gasteiger partial charge in [-0.1, -0.05) is 375 Å². The van der Waals surface area contributed by atoms with Gasteiger partial charge in [0, 0.05) is 25.7 Å². The van der Waals surface area contributed by atoms with Gasteiger partial charge in [0.25, 0.3) is 0 Å². The summed E-state index contributed by atoms with van der Waals surface area (Å²) in [6.07, 6.45) is 62.7. The molecule has 0 radical (unpaired) electrons. The van der Waals surface area contributed by atoms with E-state index < -0.39 is 97.5 Å². The summed E-state index contributed by atoms with van der Waals surface area (Å²) in [4.78, 5) is 72.9. The Morgan fingerprint density at radius 3 is 0.680 bits per heavy atom. The Kier molecular flexibility index (Phi) is 71.2. The highest BCUT2D eigenvalue weighted by atomic mass is 31.2. The SMILES string of the molecule is CCCCCCCCCCCCCCCCCCCCCCCC(=O)O[C@H](COC(=O)CCCCCCCCCCCCCCCCCCC(C)C)COP(=O)(O)OC[C@@H](O)COP(=O)(O)OC[C@@H](COC(=O)CCCCCCCCCCC)OC(=O)CCCCCCCCCCC(C)C. The summed E-state index contributed by atoms with van der Waals surface area (Å²) in [6, 6.07) is 0. The second kappa shape index (κ2) is 72.6. The molecule has 0 aliphatic heterocycles. The van der Waals surface area contributed by atoms with Crippen LogP contribution in [0.5, 0.6) is 0 Å². The largest absolute Gasteiger partial charge is 0.472 e. The van der Waals surface area contributed by atoms with Gasteiger partial charge >= 0.3 is 39.5 Å². The highest BCUT2D eigenvalue weighted by Gasteiger charge is 2.30. The second-order valence-corrected chi connectivity index (χ2v) is 33.0. The number of phosphoric ester groups is 2. The summed E-state index contributed by atoms with van der Waals surface area (Å²) in [5.41, 5.74) is 0. The van der Waals surface area contributed by atoms with Crippen LogP contribution in [0.4, 0.5) is 0 Å². The molecule has 3 N–H and O–H groups in total. The Hall–Kier alpha value is -1.94. The van der Waals surface area contributed by atoms with Gasteiger partial charge in [0.05, 0.1) is 26.4 Å². The molecule has 0 rings (SSSR count). The Labute approximate surface area is 613 Å². The Morgan fingerprint density at radius 1 is 0.270 bits per heavy atom. The lowest BCUT2D eigenvalue weighted by Crippen LogP contribution is -2.30. The quantitative estimate of drug-likeness (QED) is 0.0222. The van der Waals surface area contributed by atoms with Crippen molar-refractivity contribution in [2.45, 2.75) is 445 Å². The predicted molar refractivity (Wildman–Crippen MR) is 409 cm³/mol. The highest BCUT2D eigenvalue weighted by molar-refractivity contribution is 7.47. The molecule has 0 fully saturated rings. The van der Waals surface area contributed by atoms with Crippen LogP contribution in [0.25, 0.3) is 0 Å². The molecule has 0 aromatic carbocycles. The summed E-state index contributed by atoms with van der Waals surface area (Å²) < 4.78 is 68.6. The van der Waals surface area contributed by atoms with E-state index in [4.69, 9.17) is 37.0 Å². The van der Waals surface area contributed by atoms with Crippen molar-refractivity contribution < 1.29 is 80.2 Å². The van der Waals surface area contributed by atoms with E-state index in [1.807, 2.05) is 0 Å². The number of ether oxygens (including phenoxy) is 4. The van der Waals surface area contributed by atoms with Crippen molar-refractivity contribution in [1.29, 1.82) is 0 Å². The fourth-order valence-corrected chi connectivity index (χ4v) is 14.1. The Morgan fingerprint density at radius 2 is 0.460 bits per heavy atom. The number of aliphatic hydroxyl groups excluding tert-OH is 1. The molecule has 0 bridgehead atoms. The van der Waals surface area contributed by atoms with Gasteiger partial charge < -0.3 is 33.8 Å². The number of carbonyl (C=O) groups excluding carboxylic acids is 4. The number of esters is 4. The fourth-order valence-electron chi connectivity index (χ4n) is 12.5. The molecule has 0 saturated heterocycles. The van der Waals surface area contributed by atoms with Gasteiger partial charge in [-0.05, 0) is 37.5 Å². The van der Waals surface area contributed by atoms with Crippen LogP contribution in [0.2, 0.25) is 0 Å². The number of aliphatic hydroxyl groups is 1. The Balaban J connectivity index is 5.18. The van der Waals surface area contributed by atoms with Gasteiger partial charge in [0.15, 0.2) is 12.2 Å². The van der Waals surface area contributed by atoms with Crippen LogP contribution >= 0.6 is 15.6 Å². The standard InChI is InChI=1S/C81H158O17P2/c1-7-9-11-13-15-17-18-19-20-21-22-23-24-25-30-33-36-40-47-53-59-65-80(85)97-76(70-92-79(84)64-58-52-46-39-35-32-29-27-26-28-31-34-38-43-49-55-61-73(3)4)71-95-99(87,88)93-67-75(82)68-94-100(89,90)96-72-77(69-91-78(83)63-57-51-45-37-16-14-12-10-8-2)98-81(86)66-60-54-48-42-41-44-50-56-62-74(5)6/h73-77,82H,7-72H2,1-6H3,(H,87,88)(H,89,90)/t75-,76-,77-/m1/s1. The molecule has 2 unspecified atom stereocenters. The molecule has 100 heavy (non-hydrogen) atoms. The molecule has 594 valence electrons. The van der Waals surface area contributed by atoms with Crippen molar-refractivity contribution in [1.82, 2.24) is 0 Å². The minimum Gasteiger partial charge on any atom is -0.462 e. The van der Waals surface area contributed by atoms with Gasteiger partial charge in [0.2, 0.25) is 0 Å². The van der Waals surface area contributed by atoms with E-state index in [2.05, 4.69) is 41.5 Å². The fraction of sp³-hybridized carbons (Fsp3) is 0.951. The monoisotopic (exact) mass is 1470 g/mol. The molecule has 0 aromatic heterocycles. The third-order valence-corrected chi connectivity index (χ3v) is 20.9. The van der Waals surface area contributed by atoms with E-state index in [0.717, 1.165) is 102 Å². The van der Waals surface area contributed by atoms with E-state index in [1.54, 1.807) is 0 Å². The van der Waals surface area contributed by atoms with Crippen molar-refractivity contribution in [3.63, 3.8) is 0 Å². The average molecular weight is 1470 g/mol. The van der Waals surface area contributed by atoms with Crippen LogP contribution in [0.15, 0.2) is 0 Å². The summed E-state index contributed by atoms with van der Waals surface area (Å²) >= 11 is 0. The molecule has 5 atom stereocenters. The zero-order chi connectivity index (χ0) is 73.5. The van der Waals surface area contributed by atoms with Crippen LogP contribution < -0.4 is 0 Å². The first-order valence-corrected chi connectivity index (χ1v) is 45.0. The maximum atomic E-state index is 13.1. The van der Waals surface area contributed by atoms with E-state index in [-0.39, 0.29) is 25.7 Å². The molecule has 0 aliphatic rings. The summed E-state index contributed by atoms with van der Waals surface area (Å²) in [5, 5.41) is 10.6. The number of carbonyl (C=O) groups is 4. The van der Waals surface area contributed by atoms with Crippen molar-refractivity contribution >= 4 is 39.5 Å². The molecule has 0 amide bonds. The van der Waals surface area contributed by atoms with Crippen molar-refractivity contribution in [3.05, 3.63) is 0 Å². The number of unbranched alkanes of at least 4 members (excludes halogenated alkanes) is 50. The van der Waals surface area contributed by atoms with Crippen LogP contribution in [-0.2, 0) is 65.4 Å². The highest BCUT2D eigenvalue weighted by Crippen LogP contribution is 2.45. The molecular formula is C81H158O17P2. The lowest BCUT2D eigenvalue weighted by atomic mass is 10.0. The zero-order valence-corrected chi connectivity index (χ0v) is 67.3. The molecule has 17 nitrogen and oxygen atoms in total. The van der Waals surface area contributed by atoms with Crippen molar-refractivity contribution in [2.24, 2.45) is 11.8 Å². The molecular weight excluding hydrogens is 1310 g/mol. The van der Waals surface area contributed by atoms with Crippen LogP contribution in [0, 0.1) is 11.8 Å². The summed E-state index contributed by atoms with van der Waals surface area (Å²) in [5.74, 6) is -0.582. The van der Waals surface area contributed by atoms with Gasteiger partial charge in [-0.2, -0.15) is 0 Å². The van der Waals surface area contributed by atoms with Gasteiger partial charge in [-0.3, -0.25) is 37.3 Å². The minimum absolute atomic E-state index is 0.105. The minimum atomic E-state index is -4.96. The first-order chi connectivity index (χ1) is 48.4. The first-order valence-electron chi connectivity index (χ1n) is 42.0. The number of phosphoric acid groups is 2. The molecule has 0 aliphatic carbocycles. The third-order valence-electron chi connectivity index (χ3n) is 19.0.